The number of amides is 1. The molecule has 1 amide bonds. The maximum atomic E-state index is 11.2. The van der Waals surface area contributed by atoms with E-state index in [1.54, 1.807) is 13.0 Å². The number of carbonyl (C=O) groups is 1. The minimum Gasteiger partial charge on any atom is -0.351 e. The third kappa shape index (κ3) is 0.670. The zero-order chi connectivity index (χ0) is 7.90. The van der Waals surface area contributed by atoms with E-state index in [4.69, 9.17) is 4.74 Å². The van der Waals surface area contributed by atoms with E-state index < -0.39 is 5.60 Å². The van der Waals surface area contributed by atoms with Crippen LogP contribution in [-0.4, -0.2) is 23.8 Å². The first-order chi connectivity index (χ1) is 5.26. The number of carbonyl (C=O) groups excluding carboxylic acids is 1. The third-order valence-electron chi connectivity index (χ3n) is 1.96. The quantitative estimate of drug-likeness (QED) is 0.489. The summed E-state index contributed by atoms with van der Waals surface area (Å²) in [6, 6.07) is 0. The molecule has 0 saturated heterocycles. The van der Waals surface area contributed by atoms with Crippen LogP contribution in [0.1, 0.15) is 6.92 Å². The van der Waals surface area contributed by atoms with E-state index >= 15 is 0 Å². The van der Waals surface area contributed by atoms with Gasteiger partial charge in [0.1, 0.15) is 0 Å². The van der Waals surface area contributed by atoms with Crippen LogP contribution >= 0.6 is 0 Å². The molecule has 2 aliphatic heterocycles. The Morgan fingerprint density at radius 1 is 1.82 bits per heavy atom. The van der Waals surface area contributed by atoms with Crippen molar-refractivity contribution in [2.75, 3.05) is 6.61 Å². The summed E-state index contributed by atoms with van der Waals surface area (Å²) in [5.74, 6) is -0.191. The summed E-state index contributed by atoms with van der Waals surface area (Å²) < 4.78 is 5.27. The maximum absolute atomic E-state index is 11.2. The molecule has 0 fully saturated rings. The molecule has 0 aliphatic carbocycles. The molecule has 2 aliphatic rings. The lowest BCUT2D eigenvalue weighted by Crippen LogP contribution is -2.43. The Balaban J connectivity index is 2.43. The van der Waals surface area contributed by atoms with Gasteiger partial charge in [-0.3, -0.25) is 4.79 Å². The van der Waals surface area contributed by atoms with Gasteiger partial charge in [0.2, 0.25) is 5.60 Å². The van der Waals surface area contributed by atoms with Crippen molar-refractivity contribution in [2.45, 2.75) is 12.5 Å². The Hall–Kier alpha value is -1.16. The lowest BCUT2D eigenvalue weighted by atomic mass is 10.00. The minimum atomic E-state index is -0.875. The summed E-state index contributed by atoms with van der Waals surface area (Å²) in [6.07, 6.45) is 3.57. The standard InChI is InChI=1S/C7H8N2O2/c1-5-7(3-2-4-11-7)6(10)9-8-5/h2-3H,4H2,1H3,(H,9,10)/t7-/m0/s1. The molecular formula is C7H8N2O2. The molecule has 2 rings (SSSR count). The molecule has 1 atom stereocenters. The predicted octanol–water partition coefficient (Wildman–Crippen LogP) is -0.183. The second-order valence-corrected chi connectivity index (χ2v) is 2.59. The number of rotatable bonds is 0. The van der Waals surface area contributed by atoms with E-state index in [1.165, 1.54) is 0 Å². The largest absolute Gasteiger partial charge is 0.351 e. The molecule has 1 spiro atoms. The van der Waals surface area contributed by atoms with Crippen LogP contribution in [0.5, 0.6) is 0 Å². The summed E-state index contributed by atoms with van der Waals surface area (Å²) in [6.45, 7) is 2.26. The lowest BCUT2D eigenvalue weighted by molar-refractivity contribution is -0.130. The second-order valence-electron chi connectivity index (χ2n) is 2.59. The van der Waals surface area contributed by atoms with Gasteiger partial charge in [0.25, 0.3) is 5.91 Å². The SMILES string of the molecule is CC1=NNC(=O)[C@]12C=CCO2. The summed E-state index contributed by atoms with van der Waals surface area (Å²) in [4.78, 5) is 11.2. The highest BCUT2D eigenvalue weighted by atomic mass is 16.5. The van der Waals surface area contributed by atoms with E-state index in [0.717, 1.165) is 0 Å². The van der Waals surface area contributed by atoms with Crippen molar-refractivity contribution in [2.24, 2.45) is 5.10 Å². The van der Waals surface area contributed by atoms with Crippen LogP contribution in [0.2, 0.25) is 0 Å². The molecule has 0 bridgehead atoms. The van der Waals surface area contributed by atoms with E-state index in [-0.39, 0.29) is 5.91 Å². The normalized spacial score (nSPS) is 34.6. The van der Waals surface area contributed by atoms with Crippen LogP contribution in [0, 0.1) is 0 Å². The molecule has 0 radical (unpaired) electrons. The first-order valence-electron chi connectivity index (χ1n) is 3.42. The average Bonchev–Trinajstić information content (AvgIpc) is 2.56. The van der Waals surface area contributed by atoms with E-state index in [9.17, 15) is 4.79 Å². The van der Waals surface area contributed by atoms with Gasteiger partial charge < -0.3 is 4.74 Å². The lowest BCUT2D eigenvalue weighted by Gasteiger charge is -2.16. The number of hydrogen-bond donors (Lipinski definition) is 1. The van der Waals surface area contributed by atoms with Crippen molar-refractivity contribution in [3.63, 3.8) is 0 Å². The summed E-state index contributed by atoms with van der Waals surface area (Å²) >= 11 is 0. The van der Waals surface area contributed by atoms with Gasteiger partial charge in [-0.2, -0.15) is 5.10 Å². The number of nitrogens with zero attached hydrogens (tertiary/aromatic N) is 1. The first kappa shape index (κ1) is 6.54. The molecule has 0 aromatic heterocycles. The van der Waals surface area contributed by atoms with Crippen LogP contribution < -0.4 is 5.43 Å². The van der Waals surface area contributed by atoms with Gasteiger partial charge >= 0.3 is 0 Å². The van der Waals surface area contributed by atoms with Crippen molar-refractivity contribution in [1.29, 1.82) is 0 Å². The molecular weight excluding hydrogens is 144 g/mol. The van der Waals surface area contributed by atoms with Crippen LogP contribution in [0.25, 0.3) is 0 Å². The molecule has 1 N–H and O–H groups in total. The fourth-order valence-electron chi connectivity index (χ4n) is 1.27. The summed E-state index contributed by atoms with van der Waals surface area (Å²) in [7, 11) is 0. The molecule has 0 unspecified atom stereocenters. The number of hydrogen-bond acceptors (Lipinski definition) is 3. The van der Waals surface area contributed by atoms with Gasteiger partial charge in [-0.1, -0.05) is 6.08 Å². The fraction of sp³-hybridized carbons (Fsp3) is 0.429. The smallest absolute Gasteiger partial charge is 0.282 e. The Kier molecular flexibility index (Phi) is 1.14. The van der Waals surface area contributed by atoms with Crippen LogP contribution in [0.4, 0.5) is 0 Å². The van der Waals surface area contributed by atoms with Gasteiger partial charge in [-0.05, 0) is 13.0 Å². The molecule has 58 valence electrons. The summed E-state index contributed by atoms with van der Waals surface area (Å²) in [5, 5.41) is 3.79. The van der Waals surface area contributed by atoms with Crippen LogP contribution in [0.3, 0.4) is 0 Å². The molecule has 0 aromatic carbocycles. The van der Waals surface area contributed by atoms with E-state index in [1.807, 2.05) is 6.08 Å². The van der Waals surface area contributed by atoms with E-state index in [0.29, 0.717) is 12.3 Å². The van der Waals surface area contributed by atoms with Gasteiger partial charge in [0, 0.05) is 0 Å². The van der Waals surface area contributed by atoms with Crippen molar-refractivity contribution in [3.8, 4) is 0 Å². The molecule has 0 aromatic rings. The third-order valence-corrected chi connectivity index (χ3v) is 1.96. The summed E-state index contributed by atoms with van der Waals surface area (Å²) in [5.41, 5.74) is 2.18. The zero-order valence-electron chi connectivity index (χ0n) is 6.13. The predicted molar refractivity (Wildman–Crippen MR) is 39.1 cm³/mol. The van der Waals surface area contributed by atoms with Crippen molar-refractivity contribution >= 4 is 11.6 Å². The van der Waals surface area contributed by atoms with Gasteiger partial charge in [0.15, 0.2) is 0 Å². The number of ether oxygens (including phenoxy) is 1. The second kappa shape index (κ2) is 1.92. The van der Waals surface area contributed by atoms with E-state index in [2.05, 4.69) is 10.5 Å². The molecule has 2 heterocycles. The highest BCUT2D eigenvalue weighted by Gasteiger charge is 2.46. The highest BCUT2D eigenvalue weighted by Crippen LogP contribution is 2.24. The van der Waals surface area contributed by atoms with Crippen LogP contribution in [-0.2, 0) is 9.53 Å². The number of nitrogens with one attached hydrogen (secondary N) is 1. The monoisotopic (exact) mass is 152 g/mol. The maximum Gasteiger partial charge on any atom is 0.282 e. The molecule has 11 heavy (non-hydrogen) atoms. The first-order valence-corrected chi connectivity index (χ1v) is 3.42. The van der Waals surface area contributed by atoms with Gasteiger partial charge in [-0.25, -0.2) is 5.43 Å². The zero-order valence-corrected chi connectivity index (χ0v) is 6.13. The Morgan fingerprint density at radius 2 is 2.64 bits per heavy atom. The molecule has 0 saturated carbocycles. The molecule has 4 heteroatoms. The van der Waals surface area contributed by atoms with Crippen molar-refractivity contribution in [1.82, 2.24) is 5.43 Å². The average molecular weight is 152 g/mol. The molecule has 4 nitrogen and oxygen atoms in total. The fourth-order valence-corrected chi connectivity index (χ4v) is 1.27. The minimum absolute atomic E-state index is 0.191. The van der Waals surface area contributed by atoms with Crippen molar-refractivity contribution in [3.05, 3.63) is 12.2 Å². The Morgan fingerprint density at radius 3 is 3.09 bits per heavy atom. The number of hydrazone groups is 1. The Bertz CT molecular complexity index is 270. The topological polar surface area (TPSA) is 50.7 Å². The highest BCUT2D eigenvalue weighted by molar-refractivity contribution is 6.16. The van der Waals surface area contributed by atoms with Gasteiger partial charge in [0.05, 0.1) is 12.3 Å². The van der Waals surface area contributed by atoms with Gasteiger partial charge in [-0.15, -0.1) is 0 Å². The van der Waals surface area contributed by atoms with Crippen LogP contribution in [0.15, 0.2) is 17.3 Å². The Labute approximate surface area is 63.9 Å². The van der Waals surface area contributed by atoms with Crippen molar-refractivity contribution < 1.29 is 9.53 Å².